The maximum absolute atomic E-state index is 13.6. The molecule has 0 bridgehead atoms. The summed E-state index contributed by atoms with van der Waals surface area (Å²) in [5.74, 6) is -0.570. The normalized spacial score (nSPS) is 15.1. The lowest BCUT2D eigenvalue weighted by molar-refractivity contribution is -0.117. The molecule has 0 saturated heterocycles. The lowest BCUT2D eigenvalue weighted by atomic mass is 9.97. The van der Waals surface area contributed by atoms with Crippen molar-refractivity contribution in [2.24, 2.45) is 0 Å². The Hall–Kier alpha value is -2.62. The Kier molecular flexibility index (Phi) is 5.17. The van der Waals surface area contributed by atoms with E-state index in [1.807, 2.05) is 6.92 Å². The number of aryl methyl sites for hydroxylation is 1. The van der Waals surface area contributed by atoms with Gasteiger partial charge in [-0.3, -0.25) is 4.79 Å². The van der Waals surface area contributed by atoms with Crippen LogP contribution < -0.4 is 10.2 Å². The molecule has 1 aliphatic heterocycles. The highest BCUT2D eigenvalue weighted by molar-refractivity contribution is 5.92. The number of benzene rings is 2. The SMILES string of the molecule is CC(NC(=O)C=Cc1ccccc1F)c1ccc2c(c1)N(C)CCC2. The number of halogens is 1. The van der Waals surface area contributed by atoms with Crippen molar-refractivity contribution in [3.63, 3.8) is 0 Å². The fourth-order valence-corrected chi connectivity index (χ4v) is 3.16. The lowest BCUT2D eigenvalue weighted by Crippen LogP contribution is -2.27. The van der Waals surface area contributed by atoms with Crippen LogP contribution in [-0.4, -0.2) is 19.5 Å². The van der Waals surface area contributed by atoms with E-state index < -0.39 is 0 Å². The summed E-state index contributed by atoms with van der Waals surface area (Å²) in [4.78, 5) is 14.4. The van der Waals surface area contributed by atoms with E-state index in [-0.39, 0.29) is 17.8 Å². The van der Waals surface area contributed by atoms with Crippen LogP contribution in [0.25, 0.3) is 6.08 Å². The Labute approximate surface area is 148 Å². The van der Waals surface area contributed by atoms with E-state index in [1.54, 1.807) is 18.2 Å². The van der Waals surface area contributed by atoms with E-state index in [9.17, 15) is 9.18 Å². The average molecular weight is 338 g/mol. The molecule has 1 unspecified atom stereocenters. The van der Waals surface area contributed by atoms with Crippen molar-refractivity contribution in [3.05, 3.63) is 71.0 Å². The van der Waals surface area contributed by atoms with Crippen LogP contribution in [0.1, 0.15) is 36.1 Å². The molecule has 1 heterocycles. The highest BCUT2D eigenvalue weighted by Crippen LogP contribution is 2.29. The molecule has 0 radical (unpaired) electrons. The number of carbonyl (C=O) groups excluding carboxylic acids is 1. The number of fused-ring (bicyclic) bond motifs is 1. The largest absolute Gasteiger partial charge is 0.374 e. The number of nitrogens with one attached hydrogen (secondary N) is 1. The van der Waals surface area contributed by atoms with Gasteiger partial charge in [0.15, 0.2) is 0 Å². The number of amides is 1. The summed E-state index contributed by atoms with van der Waals surface area (Å²) in [6.45, 7) is 3.02. The molecule has 1 amide bonds. The molecule has 130 valence electrons. The molecule has 0 aromatic heterocycles. The van der Waals surface area contributed by atoms with Crippen molar-refractivity contribution >= 4 is 17.7 Å². The Morgan fingerprint density at radius 3 is 2.88 bits per heavy atom. The minimum Gasteiger partial charge on any atom is -0.374 e. The molecule has 0 fully saturated rings. The van der Waals surface area contributed by atoms with Gasteiger partial charge in [0.1, 0.15) is 5.82 Å². The van der Waals surface area contributed by atoms with E-state index in [4.69, 9.17) is 0 Å². The van der Waals surface area contributed by atoms with Crippen LogP contribution >= 0.6 is 0 Å². The molecule has 3 rings (SSSR count). The van der Waals surface area contributed by atoms with E-state index in [2.05, 4.69) is 35.5 Å². The van der Waals surface area contributed by atoms with Gasteiger partial charge in [-0.15, -0.1) is 0 Å². The summed E-state index contributed by atoms with van der Waals surface area (Å²) in [6, 6.07) is 12.7. The van der Waals surface area contributed by atoms with Crippen LogP contribution in [0.5, 0.6) is 0 Å². The van der Waals surface area contributed by atoms with Crippen LogP contribution in [0, 0.1) is 5.82 Å². The van der Waals surface area contributed by atoms with Gasteiger partial charge in [-0.25, -0.2) is 4.39 Å². The monoisotopic (exact) mass is 338 g/mol. The standard InChI is InChI=1S/C21H23FN2O/c1-15(18-10-9-17-7-5-13-24(2)20(17)14-18)23-21(25)12-11-16-6-3-4-8-19(16)22/h3-4,6,8-12,14-15H,5,7,13H2,1-2H3,(H,23,25). The quantitative estimate of drug-likeness (QED) is 0.851. The molecule has 0 aliphatic carbocycles. The molecule has 0 spiro atoms. The first-order valence-electron chi connectivity index (χ1n) is 8.61. The Bertz CT molecular complexity index is 800. The van der Waals surface area contributed by atoms with Crippen LogP contribution in [0.4, 0.5) is 10.1 Å². The van der Waals surface area contributed by atoms with Crippen molar-refractivity contribution in [2.45, 2.75) is 25.8 Å². The third-order valence-corrected chi connectivity index (χ3v) is 4.64. The van der Waals surface area contributed by atoms with Crippen molar-refractivity contribution in [1.82, 2.24) is 5.32 Å². The zero-order valence-electron chi connectivity index (χ0n) is 14.6. The van der Waals surface area contributed by atoms with Crippen LogP contribution in [0.2, 0.25) is 0 Å². The molecule has 0 saturated carbocycles. The van der Waals surface area contributed by atoms with E-state index >= 15 is 0 Å². The second kappa shape index (κ2) is 7.51. The minimum atomic E-state index is -0.336. The molecular weight excluding hydrogens is 315 g/mol. The summed E-state index contributed by atoms with van der Waals surface area (Å²) in [7, 11) is 2.10. The van der Waals surface area contributed by atoms with Gasteiger partial charge >= 0.3 is 0 Å². The summed E-state index contributed by atoms with van der Waals surface area (Å²) in [5.41, 5.74) is 4.07. The molecule has 1 N–H and O–H groups in total. The third kappa shape index (κ3) is 4.08. The smallest absolute Gasteiger partial charge is 0.244 e. The molecule has 2 aromatic carbocycles. The zero-order valence-corrected chi connectivity index (χ0v) is 14.6. The molecule has 1 atom stereocenters. The van der Waals surface area contributed by atoms with Gasteiger partial charge in [0.05, 0.1) is 6.04 Å². The number of hydrogen-bond acceptors (Lipinski definition) is 2. The molecule has 25 heavy (non-hydrogen) atoms. The van der Waals surface area contributed by atoms with Crippen LogP contribution in [0.15, 0.2) is 48.5 Å². The van der Waals surface area contributed by atoms with Gasteiger partial charge in [0.2, 0.25) is 5.91 Å². The summed E-state index contributed by atoms with van der Waals surface area (Å²) < 4.78 is 13.6. The first-order valence-corrected chi connectivity index (χ1v) is 8.61. The molecular formula is C21H23FN2O. The number of rotatable bonds is 4. The van der Waals surface area contributed by atoms with Crippen LogP contribution in [-0.2, 0) is 11.2 Å². The summed E-state index contributed by atoms with van der Waals surface area (Å²) in [5, 5.41) is 2.94. The van der Waals surface area contributed by atoms with E-state index in [0.717, 1.165) is 18.5 Å². The second-order valence-electron chi connectivity index (χ2n) is 6.50. The van der Waals surface area contributed by atoms with E-state index in [0.29, 0.717) is 5.56 Å². The average Bonchev–Trinajstić information content (AvgIpc) is 2.61. The van der Waals surface area contributed by atoms with E-state index in [1.165, 1.54) is 35.9 Å². The number of anilines is 1. The number of hydrogen-bond donors (Lipinski definition) is 1. The maximum atomic E-state index is 13.6. The Balaban J connectivity index is 1.68. The van der Waals surface area contributed by atoms with Crippen LogP contribution in [0.3, 0.4) is 0 Å². The maximum Gasteiger partial charge on any atom is 0.244 e. The first kappa shape index (κ1) is 17.2. The minimum absolute atomic E-state index is 0.113. The van der Waals surface area contributed by atoms with Crippen molar-refractivity contribution in [1.29, 1.82) is 0 Å². The van der Waals surface area contributed by atoms with Gasteiger partial charge in [0.25, 0.3) is 0 Å². The van der Waals surface area contributed by atoms with Crippen molar-refractivity contribution < 1.29 is 9.18 Å². The number of carbonyl (C=O) groups is 1. The third-order valence-electron chi connectivity index (χ3n) is 4.64. The fourth-order valence-electron chi connectivity index (χ4n) is 3.16. The highest BCUT2D eigenvalue weighted by Gasteiger charge is 2.16. The van der Waals surface area contributed by atoms with Gasteiger partial charge in [-0.05, 0) is 49.1 Å². The predicted molar refractivity (Wildman–Crippen MR) is 100 cm³/mol. The van der Waals surface area contributed by atoms with Gasteiger partial charge in [-0.2, -0.15) is 0 Å². The summed E-state index contributed by atoms with van der Waals surface area (Å²) >= 11 is 0. The highest BCUT2D eigenvalue weighted by atomic mass is 19.1. The van der Waals surface area contributed by atoms with Gasteiger partial charge in [0, 0.05) is 30.9 Å². The zero-order chi connectivity index (χ0) is 17.8. The topological polar surface area (TPSA) is 32.3 Å². The molecule has 2 aromatic rings. The first-order chi connectivity index (χ1) is 12.0. The van der Waals surface area contributed by atoms with Gasteiger partial charge < -0.3 is 10.2 Å². The van der Waals surface area contributed by atoms with Crippen molar-refractivity contribution in [2.75, 3.05) is 18.5 Å². The van der Waals surface area contributed by atoms with Gasteiger partial charge in [-0.1, -0.05) is 30.3 Å². The molecule has 1 aliphatic rings. The molecule has 4 heteroatoms. The fraction of sp³-hybridized carbons (Fsp3) is 0.286. The van der Waals surface area contributed by atoms with Crippen molar-refractivity contribution in [3.8, 4) is 0 Å². The lowest BCUT2D eigenvalue weighted by Gasteiger charge is -2.28. The Morgan fingerprint density at radius 2 is 2.08 bits per heavy atom. The predicted octanol–water partition coefficient (Wildman–Crippen LogP) is 4.10. The second-order valence-corrected chi connectivity index (χ2v) is 6.50. The Morgan fingerprint density at radius 1 is 1.28 bits per heavy atom. The summed E-state index contributed by atoms with van der Waals surface area (Å²) in [6.07, 6.45) is 5.15. The molecule has 3 nitrogen and oxygen atoms in total. The number of nitrogens with zero attached hydrogens (tertiary/aromatic N) is 1.